The summed E-state index contributed by atoms with van der Waals surface area (Å²) < 4.78 is 7.46. The van der Waals surface area contributed by atoms with Crippen LogP contribution in [-0.4, -0.2) is 28.1 Å². The van der Waals surface area contributed by atoms with Crippen LogP contribution in [0.15, 0.2) is 29.3 Å². The van der Waals surface area contributed by atoms with Crippen molar-refractivity contribution in [2.24, 2.45) is 0 Å². The van der Waals surface area contributed by atoms with Crippen molar-refractivity contribution in [3.63, 3.8) is 0 Å². The highest BCUT2D eigenvalue weighted by Gasteiger charge is 2.22. The molecule has 0 radical (unpaired) electrons. The van der Waals surface area contributed by atoms with Gasteiger partial charge in [-0.2, -0.15) is 0 Å². The van der Waals surface area contributed by atoms with Crippen molar-refractivity contribution in [3.05, 3.63) is 57.3 Å². The van der Waals surface area contributed by atoms with Gasteiger partial charge in [-0.3, -0.25) is 14.2 Å². The lowest BCUT2D eigenvalue weighted by atomic mass is 9.85. The number of benzene rings is 1. The first-order valence-electron chi connectivity index (χ1n) is 9.59. The minimum atomic E-state index is -0.640. The van der Waals surface area contributed by atoms with Gasteiger partial charge in [-0.05, 0) is 44.7 Å². The lowest BCUT2D eigenvalue weighted by molar-refractivity contribution is -0.127. The molecule has 1 heterocycles. The van der Waals surface area contributed by atoms with Gasteiger partial charge in [-0.1, -0.05) is 38.5 Å². The molecule has 1 aromatic carbocycles. The number of aromatic nitrogens is 2. The number of amides is 1. The zero-order valence-corrected chi connectivity index (χ0v) is 17.9. The molecule has 0 aliphatic heterocycles. The second-order valence-electron chi connectivity index (χ2n) is 8.25. The molecule has 1 amide bonds. The van der Waals surface area contributed by atoms with Crippen LogP contribution in [-0.2, 0) is 16.8 Å². The fourth-order valence-electron chi connectivity index (χ4n) is 2.85. The van der Waals surface area contributed by atoms with Crippen molar-refractivity contribution in [1.29, 1.82) is 0 Å². The lowest BCUT2D eigenvalue weighted by Gasteiger charge is -2.25. The third kappa shape index (κ3) is 5.21. The number of hydrogen-bond donors (Lipinski definition) is 1. The van der Waals surface area contributed by atoms with Gasteiger partial charge in [-0.25, -0.2) is 4.98 Å². The molecular formula is C22H31N3O3. The van der Waals surface area contributed by atoms with Gasteiger partial charge in [0.15, 0.2) is 6.10 Å². The molecule has 0 saturated carbocycles. The van der Waals surface area contributed by atoms with Gasteiger partial charge in [0.2, 0.25) is 0 Å². The van der Waals surface area contributed by atoms with Gasteiger partial charge in [0.1, 0.15) is 5.75 Å². The molecule has 6 heteroatoms. The van der Waals surface area contributed by atoms with Gasteiger partial charge in [0, 0.05) is 24.3 Å². The molecule has 0 fully saturated rings. The summed E-state index contributed by atoms with van der Waals surface area (Å²) in [4.78, 5) is 28.8. The predicted octanol–water partition coefficient (Wildman–Crippen LogP) is 3.05. The van der Waals surface area contributed by atoms with Gasteiger partial charge < -0.3 is 10.1 Å². The smallest absolute Gasteiger partial charge is 0.260 e. The van der Waals surface area contributed by atoms with Crippen LogP contribution in [0.2, 0.25) is 0 Å². The van der Waals surface area contributed by atoms with Gasteiger partial charge in [-0.15, -0.1) is 0 Å². The Morgan fingerprint density at radius 1 is 1.25 bits per heavy atom. The summed E-state index contributed by atoms with van der Waals surface area (Å²) in [6.45, 7) is 14.4. The summed E-state index contributed by atoms with van der Waals surface area (Å²) in [7, 11) is 0. The van der Waals surface area contributed by atoms with Crippen molar-refractivity contribution in [2.45, 2.75) is 66.5 Å². The zero-order valence-electron chi connectivity index (χ0n) is 17.9. The van der Waals surface area contributed by atoms with Crippen LogP contribution in [0.4, 0.5) is 0 Å². The minimum Gasteiger partial charge on any atom is -0.481 e. The van der Waals surface area contributed by atoms with Crippen molar-refractivity contribution in [1.82, 2.24) is 14.9 Å². The second kappa shape index (κ2) is 8.59. The summed E-state index contributed by atoms with van der Waals surface area (Å²) >= 11 is 0. The van der Waals surface area contributed by atoms with Crippen molar-refractivity contribution >= 4 is 5.91 Å². The number of nitrogens with zero attached hydrogens (tertiary/aromatic N) is 2. The van der Waals surface area contributed by atoms with E-state index in [1.807, 2.05) is 19.1 Å². The maximum Gasteiger partial charge on any atom is 0.260 e. The van der Waals surface area contributed by atoms with Gasteiger partial charge in [0.25, 0.3) is 11.5 Å². The van der Waals surface area contributed by atoms with E-state index in [-0.39, 0.29) is 16.9 Å². The Bertz CT molecular complexity index is 910. The molecule has 28 heavy (non-hydrogen) atoms. The third-order valence-electron chi connectivity index (χ3n) is 4.78. The summed E-state index contributed by atoms with van der Waals surface area (Å²) in [6, 6.07) is 5.99. The Labute approximate surface area is 167 Å². The van der Waals surface area contributed by atoms with E-state index in [1.54, 1.807) is 20.8 Å². The van der Waals surface area contributed by atoms with E-state index < -0.39 is 6.10 Å². The fourth-order valence-corrected chi connectivity index (χ4v) is 2.85. The monoisotopic (exact) mass is 385 g/mol. The third-order valence-corrected chi connectivity index (χ3v) is 4.78. The number of rotatable bonds is 6. The van der Waals surface area contributed by atoms with E-state index in [9.17, 15) is 9.59 Å². The molecule has 0 aliphatic carbocycles. The molecular weight excluding hydrogens is 354 g/mol. The van der Waals surface area contributed by atoms with Crippen LogP contribution >= 0.6 is 0 Å². The SMILES string of the molecule is Cc1ccc(OC(C)C(=O)NCCn2cnc(C)c(C)c2=O)c(C(C)(C)C)c1. The van der Waals surface area contributed by atoms with Gasteiger partial charge >= 0.3 is 0 Å². The summed E-state index contributed by atoms with van der Waals surface area (Å²) in [5, 5.41) is 2.83. The van der Waals surface area contributed by atoms with Crippen LogP contribution in [0.5, 0.6) is 5.75 Å². The van der Waals surface area contributed by atoms with Crippen LogP contribution in [0, 0.1) is 20.8 Å². The minimum absolute atomic E-state index is 0.0829. The molecule has 0 aliphatic rings. The lowest BCUT2D eigenvalue weighted by Crippen LogP contribution is -2.39. The normalized spacial score (nSPS) is 12.5. The molecule has 152 valence electrons. The number of hydrogen-bond acceptors (Lipinski definition) is 4. The Morgan fingerprint density at radius 3 is 2.57 bits per heavy atom. The maximum absolute atomic E-state index is 12.4. The molecule has 1 aromatic heterocycles. The van der Waals surface area contributed by atoms with E-state index in [0.29, 0.717) is 18.7 Å². The molecule has 1 atom stereocenters. The molecule has 0 saturated heterocycles. The summed E-state index contributed by atoms with van der Waals surface area (Å²) in [5.41, 5.74) is 3.40. The second-order valence-corrected chi connectivity index (χ2v) is 8.25. The van der Waals surface area contributed by atoms with E-state index in [2.05, 4.69) is 37.1 Å². The van der Waals surface area contributed by atoms with Crippen LogP contribution in [0.1, 0.15) is 50.1 Å². The Kier molecular flexibility index (Phi) is 6.65. The van der Waals surface area contributed by atoms with E-state index in [1.165, 1.54) is 10.9 Å². The average molecular weight is 386 g/mol. The average Bonchev–Trinajstić information content (AvgIpc) is 2.62. The highest BCUT2D eigenvalue weighted by Crippen LogP contribution is 2.32. The molecule has 2 aromatic rings. The Balaban J connectivity index is 1.99. The van der Waals surface area contributed by atoms with Crippen LogP contribution in [0.3, 0.4) is 0 Å². The number of aryl methyl sites for hydroxylation is 2. The molecule has 2 rings (SSSR count). The quantitative estimate of drug-likeness (QED) is 0.829. The van der Waals surface area contributed by atoms with Crippen LogP contribution in [0.25, 0.3) is 0 Å². The maximum atomic E-state index is 12.4. The molecule has 6 nitrogen and oxygen atoms in total. The number of carbonyl (C=O) groups excluding carboxylic acids is 1. The number of carbonyl (C=O) groups is 1. The standard InChI is InChI=1S/C22H31N3O3/c1-14-8-9-19(18(12-14)22(5,6)7)28-17(4)20(26)23-10-11-25-13-24-16(3)15(2)21(25)27/h8-9,12-13,17H,10-11H2,1-7H3,(H,23,26). The largest absolute Gasteiger partial charge is 0.481 e. The molecule has 0 bridgehead atoms. The summed E-state index contributed by atoms with van der Waals surface area (Å²) in [5.74, 6) is 0.501. The highest BCUT2D eigenvalue weighted by molar-refractivity contribution is 5.80. The Hall–Kier alpha value is -2.63. The first-order valence-corrected chi connectivity index (χ1v) is 9.59. The summed E-state index contributed by atoms with van der Waals surface area (Å²) in [6.07, 6.45) is 0.872. The molecule has 1 unspecified atom stereocenters. The van der Waals surface area contributed by atoms with Crippen LogP contribution < -0.4 is 15.6 Å². The van der Waals surface area contributed by atoms with Crippen molar-refractivity contribution < 1.29 is 9.53 Å². The predicted molar refractivity (Wildman–Crippen MR) is 111 cm³/mol. The molecule has 1 N–H and O–H groups in total. The van der Waals surface area contributed by atoms with Gasteiger partial charge in [0.05, 0.1) is 6.33 Å². The number of ether oxygens (including phenoxy) is 1. The fraction of sp³-hybridized carbons (Fsp3) is 0.500. The van der Waals surface area contributed by atoms with E-state index >= 15 is 0 Å². The first-order chi connectivity index (χ1) is 13.0. The van der Waals surface area contributed by atoms with E-state index in [0.717, 1.165) is 22.6 Å². The Morgan fingerprint density at radius 2 is 1.93 bits per heavy atom. The number of nitrogens with one attached hydrogen (secondary N) is 1. The highest BCUT2D eigenvalue weighted by atomic mass is 16.5. The topological polar surface area (TPSA) is 73.2 Å². The van der Waals surface area contributed by atoms with Crippen molar-refractivity contribution in [3.8, 4) is 5.75 Å². The zero-order chi connectivity index (χ0) is 21.1. The van der Waals surface area contributed by atoms with E-state index in [4.69, 9.17) is 4.74 Å². The van der Waals surface area contributed by atoms with Crippen molar-refractivity contribution in [2.75, 3.05) is 6.54 Å². The first kappa shape index (κ1) is 21.7. The molecule has 0 spiro atoms.